The van der Waals surface area contributed by atoms with Crippen LogP contribution in [0.5, 0.6) is 0 Å². The second-order valence-corrected chi connectivity index (χ2v) is 9.77. The van der Waals surface area contributed by atoms with Crippen LogP contribution in [0.3, 0.4) is 0 Å². The summed E-state index contributed by atoms with van der Waals surface area (Å²) in [7, 11) is 1.76. The Labute approximate surface area is 210 Å². The average Bonchev–Trinajstić information content (AvgIpc) is 3.31. The van der Waals surface area contributed by atoms with E-state index < -0.39 is 11.6 Å². The summed E-state index contributed by atoms with van der Waals surface area (Å²) in [6, 6.07) is 28.4. The van der Waals surface area contributed by atoms with E-state index in [1.807, 2.05) is 30.3 Å². The molecule has 0 unspecified atom stereocenters. The summed E-state index contributed by atoms with van der Waals surface area (Å²) in [5.74, 6) is 0.747. The zero-order valence-corrected chi connectivity index (χ0v) is 20.8. The third kappa shape index (κ3) is 4.86. The average molecular weight is 479 g/mol. The van der Waals surface area contributed by atoms with Crippen molar-refractivity contribution < 1.29 is 9.32 Å². The minimum atomic E-state index is -1.12. The molecule has 6 heteroatoms. The maximum absolute atomic E-state index is 13.8. The second-order valence-electron chi connectivity index (χ2n) is 9.77. The lowest BCUT2D eigenvalue weighted by Crippen LogP contribution is -2.54. The van der Waals surface area contributed by atoms with Crippen molar-refractivity contribution in [3.8, 4) is 0 Å². The Kier molecular flexibility index (Phi) is 6.29. The Hall–Kier alpha value is -4.03. The summed E-state index contributed by atoms with van der Waals surface area (Å²) in [5.41, 5.74) is 7.64. The smallest absolute Gasteiger partial charge is 0.249 e. The number of amides is 1. The Morgan fingerprint density at radius 3 is 2.06 bits per heavy atom. The van der Waals surface area contributed by atoms with Crippen LogP contribution in [0.25, 0.3) is 21.5 Å². The molecule has 2 atom stereocenters. The molecular formula is C30H30N4O2. The predicted octanol–water partition coefficient (Wildman–Crippen LogP) is 5.39. The van der Waals surface area contributed by atoms with E-state index in [9.17, 15) is 4.79 Å². The normalized spacial score (nSPS) is 14.0. The van der Waals surface area contributed by atoms with Gasteiger partial charge in [0.25, 0.3) is 0 Å². The van der Waals surface area contributed by atoms with E-state index in [-0.39, 0.29) is 5.91 Å². The summed E-state index contributed by atoms with van der Waals surface area (Å²) < 4.78 is 5.54. The van der Waals surface area contributed by atoms with E-state index in [1.54, 1.807) is 25.8 Å². The van der Waals surface area contributed by atoms with Crippen LogP contribution in [0.4, 0.5) is 0 Å². The minimum Gasteiger partial charge on any atom is -0.337 e. The van der Waals surface area contributed by atoms with Gasteiger partial charge in [0.05, 0.1) is 5.54 Å². The first kappa shape index (κ1) is 23.7. The Balaban J connectivity index is 1.42. The molecule has 0 aliphatic carbocycles. The highest BCUT2D eigenvalue weighted by Gasteiger charge is 2.37. The fraction of sp³-hybridized carbons (Fsp3) is 0.233. The summed E-state index contributed by atoms with van der Waals surface area (Å²) in [5, 5.41) is 8.57. The standard InChI is InChI=1S/C30H30N4O2/c1-20-32-28(36-33-20)27(18-21-12-14-23-8-4-6-10-25(23)16-21)34(3)29(35)30(2,31)19-22-13-15-24-9-5-7-11-26(24)17-22/h4-17,27H,18-19,31H2,1-3H3/t27-,30-/m1/s1. The molecule has 0 bridgehead atoms. The van der Waals surface area contributed by atoms with E-state index in [2.05, 4.69) is 64.7 Å². The number of benzene rings is 4. The quantitative estimate of drug-likeness (QED) is 0.339. The van der Waals surface area contributed by atoms with Crippen molar-refractivity contribution in [2.45, 2.75) is 38.3 Å². The summed E-state index contributed by atoms with van der Waals surface area (Å²) >= 11 is 0. The minimum absolute atomic E-state index is 0.183. The van der Waals surface area contributed by atoms with Gasteiger partial charge in [-0.25, -0.2) is 0 Å². The molecule has 36 heavy (non-hydrogen) atoms. The first-order valence-electron chi connectivity index (χ1n) is 12.1. The molecule has 5 rings (SSSR count). The fourth-order valence-electron chi connectivity index (χ4n) is 4.82. The summed E-state index contributed by atoms with van der Waals surface area (Å²) in [4.78, 5) is 19.9. The number of carbonyl (C=O) groups is 1. The van der Waals surface area contributed by atoms with Gasteiger partial charge in [-0.1, -0.05) is 90.1 Å². The number of hydrogen-bond acceptors (Lipinski definition) is 5. The second kappa shape index (κ2) is 9.55. The highest BCUT2D eigenvalue weighted by molar-refractivity contribution is 5.87. The van der Waals surface area contributed by atoms with Crippen LogP contribution < -0.4 is 5.73 Å². The number of aryl methyl sites for hydroxylation is 1. The number of rotatable bonds is 7. The van der Waals surface area contributed by atoms with Gasteiger partial charge >= 0.3 is 0 Å². The molecule has 0 fully saturated rings. The van der Waals surface area contributed by atoms with Crippen LogP contribution >= 0.6 is 0 Å². The predicted molar refractivity (Wildman–Crippen MR) is 142 cm³/mol. The van der Waals surface area contributed by atoms with Crippen LogP contribution in [0, 0.1) is 6.92 Å². The van der Waals surface area contributed by atoms with E-state index in [0.717, 1.165) is 27.3 Å². The topological polar surface area (TPSA) is 85.2 Å². The molecule has 0 spiro atoms. The third-order valence-corrected chi connectivity index (χ3v) is 6.73. The van der Waals surface area contributed by atoms with E-state index in [4.69, 9.17) is 10.3 Å². The lowest BCUT2D eigenvalue weighted by molar-refractivity contribution is -0.137. The van der Waals surface area contributed by atoms with E-state index >= 15 is 0 Å². The fourth-order valence-corrected chi connectivity index (χ4v) is 4.82. The molecule has 6 nitrogen and oxygen atoms in total. The molecule has 182 valence electrons. The van der Waals surface area contributed by atoms with Crippen LogP contribution in [0.1, 0.15) is 35.8 Å². The highest BCUT2D eigenvalue weighted by atomic mass is 16.5. The van der Waals surface area contributed by atoms with Gasteiger partial charge in [0.1, 0.15) is 6.04 Å². The number of fused-ring (bicyclic) bond motifs is 2. The first-order chi connectivity index (χ1) is 17.3. The van der Waals surface area contributed by atoms with Gasteiger partial charge in [-0.2, -0.15) is 4.98 Å². The van der Waals surface area contributed by atoms with Crippen LogP contribution in [-0.4, -0.2) is 33.5 Å². The molecule has 4 aromatic carbocycles. The lowest BCUT2D eigenvalue weighted by atomic mass is 9.90. The zero-order valence-electron chi connectivity index (χ0n) is 20.8. The highest BCUT2D eigenvalue weighted by Crippen LogP contribution is 2.28. The SMILES string of the molecule is Cc1noc([C@@H](Cc2ccc3ccccc3c2)N(C)C(=O)[C@](C)(N)Cc2ccc3ccccc3c2)n1. The molecular weight excluding hydrogens is 448 g/mol. The number of nitrogens with zero attached hydrogens (tertiary/aromatic N) is 3. The third-order valence-electron chi connectivity index (χ3n) is 6.73. The molecule has 0 saturated heterocycles. The van der Waals surface area contributed by atoms with E-state index in [0.29, 0.717) is 24.6 Å². The number of carbonyl (C=O) groups excluding carboxylic acids is 1. The van der Waals surface area contributed by atoms with Gasteiger partial charge in [-0.15, -0.1) is 0 Å². The van der Waals surface area contributed by atoms with Gasteiger partial charge in [0, 0.05) is 13.5 Å². The molecule has 1 heterocycles. The molecule has 1 amide bonds. The molecule has 1 aromatic heterocycles. The largest absolute Gasteiger partial charge is 0.337 e. The summed E-state index contributed by atoms with van der Waals surface area (Å²) in [6.45, 7) is 3.56. The van der Waals surface area contributed by atoms with Gasteiger partial charge in [0.15, 0.2) is 5.82 Å². The lowest BCUT2D eigenvalue weighted by Gasteiger charge is -2.33. The molecule has 0 radical (unpaired) electrons. The maximum atomic E-state index is 13.8. The monoisotopic (exact) mass is 478 g/mol. The first-order valence-corrected chi connectivity index (χ1v) is 12.1. The molecule has 0 aliphatic heterocycles. The molecule has 5 aromatic rings. The zero-order chi connectivity index (χ0) is 25.3. The number of likely N-dealkylation sites (N-methyl/N-ethyl adjacent to an activating group) is 1. The van der Waals surface area contributed by atoms with Crippen molar-refractivity contribution in [2.24, 2.45) is 5.73 Å². The van der Waals surface area contributed by atoms with Crippen molar-refractivity contribution >= 4 is 27.5 Å². The Morgan fingerprint density at radius 2 is 1.47 bits per heavy atom. The van der Waals surface area contributed by atoms with Crippen molar-refractivity contribution in [3.63, 3.8) is 0 Å². The Bertz CT molecular complexity index is 1540. The van der Waals surface area contributed by atoms with Crippen LogP contribution in [0.2, 0.25) is 0 Å². The van der Waals surface area contributed by atoms with Crippen molar-refractivity contribution in [3.05, 3.63) is 108 Å². The summed E-state index contributed by atoms with van der Waals surface area (Å²) in [6.07, 6.45) is 0.938. The van der Waals surface area contributed by atoms with Gasteiger partial charge in [0.2, 0.25) is 11.8 Å². The van der Waals surface area contributed by atoms with Crippen LogP contribution in [0.15, 0.2) is 89.5 Å². The number of nitrogens with two attached hydrogens (primary N) is 1. The van der Waals surface area contributed by atoms with Gasteiger partial charge in [-0.05, 0) is 52.9 Å². The van der Waals surface area contributed by atoms with Gasteiger partial charge < -0.3 is 15.2 Å². The van der Waals surface area contributed by atoms with Crippen molar-refractivity contribution in [1.29, 1.82) is 0 Å². The number of hydrogen-bond donors (Lipinski definition) is 1. The molecule has 2 N–H and O–H groups in total. The Morgan fingerprint density at radius 1 is 0.917 bits per heavy atom. The van der Waals surface area contributed by atoms with Crippen molar-refractivity contribution in [1.82, 2.24) is 15.0 Å². The maximum Gasteiger partial charge on any atom is 0.249 e. The van der Waals surface area contributed by atoms with Crippen LogP contribution in [-0.2, 0) is 17.6 Å². The van der Waals surface area contributed by atoms with Gasteiger partial charge in [-0.3, -0.25) is 4.79 Å². The molecule has 0 aliphatic rings. The number of aromatic nitrogens is 2. The molecule has 0 saturated carbocycles. The van der Waals surface area contributed by atoms with Crippen molar-refractivity contribution in [2.75, 3.05) is 7.05 Å². The van der Waals surface area contributed by atoms with E-state index in [1.165, 1.54) is 5.39 Å².